The lowest BCUT2D eigenvalue weighted by Crippen LogP contribution is -2.46. The van der Waals surface area contributed by atoms with Crippen LogP contribution in [0.15, 0.2) is 47.5 Å². The van der Waals surface area contributed by atoms with Crippen LogP contribution in [0.1, 0.15) is 18.1 Å². The second-order valence-electron chi connectivity index (χ2n) is 6.60. The maximum absolute atomic E-state index is 13.2. The zero-order valence-corrected chi connectivity index (χ0v) is 14.3. The number of likely N-dealkylation sites (tertiary alicyclic amines) is 1. The first-order valence-corrected chi connectivity index (χ1v) is 8.13. The largest absolute Gasteiger partial charge is 0.457 e. The third kappa shape index (κ3) is 1.64. The molecule has 2 aromatic rings. The van der Waals surface area contributed by atoms with Gasteiger partial charge in [-0.3, -0.25) is 9.79 Å². The van der Waals surface area contributed by atoms with Gasteiger partial charge in [-0.05, 0) is 31.0 Å². The predicted octanol–water partition coefficient (Wildman–Crippen LogP) is 3.77. The highest BCUT2D eigenvalue weighted by molar-refractivity contribution is 6.30. The van der Waals surface area contributed by atoms with E-state index in [2.05, 4.69) is 11.7 Å². The summed E-state index contributed by atoms with van der Waals surface area (Å²) in [4.78, 5) is 19.3. The number of amides is 1. The lowest BCUT2D eigenvalue weighted by molar-refractivity contribution is -0.131. The number of hydrogen-bond acceptors (Lipinski definition) is 3. The van der Waals surface area contributed by atoms with Gasteiger partial charge in [-0.1, -0.05) is 36.7 Å². The molecule has 1 fully saturated rings. The van der Waals surface area contributed by atoms with Gasteiger partial charge in [0.25, 0.3) is 5.91 Å². The van der Waals surface area contributed by atoms with Crippen molar-refractivity contribution in [3.63, 3.8) is 0 Å². The van der Waals surface area contributed by atoms with Crippen molar-refractivity contribution >= 4 is 24.2 Å². The standard InChI is InChI=1S/C19H17ClN2O2/c1-18-11-22(3)17(23)19(18,21-2)13-6-4-5-7-15(13)24-16-9-8-12(20)10-14(16)18/h4-10H,2,11H2,1,3H3/t18-,19-/m1/s1. The Morgan fingerprint density at radius 2 is 1.92 bits per heavy atom. The molecule has 0 bridgehead atoms. The van der Waals surface area contributed by atoms with Crippen LogP contribution in [0.5, 0.6) is 11.5 Å². The minimum absolute atomic E-state index is 0.0797. The minimum atomic E-state index is -1.13. The van der Waals surface area contributed by atoms with Gasteiger partial charge >= 0.3 is 0 Å². The second kappa shape index (κ2) is 4.84. The van der Waals surface area contributed by atoms with Crippen LogP contribution in [0.3, 0.4) is 0 Å². The summed E-state index contributed by atoms with van der Waals surface area (Å²) in [6, 6.07) is 13.0. The number of likely N-dealkylation sites (N-methyl/N-ethyl adjacent to an activating group) is 1. The van der Waals surface area contributed by atoms with Crippen LogP contribution in [-0.2, 0) is 15.7 Å². The molecule has 0 aliphatic carbocycles. The van der Waals surface area contributed by atoms with Gasteiger partial charge in [0, 0.05) is 29.7 Å². The molecule has 1 saturated heterocycles. The molecule has 2 aliphatic heterocycles. The molecule has 0 saturated carbocycles. The van der Waals surface area contributed by atoms with Crippen molar-refractivity contribution in [1.29, 1.82) is 0 Å². The van der Waals surface area contributed by atoms with E-state index in [-0.39, 0.29) is 5.91 Å². The highest BCUT2D eigenvalue weighted by Gasteiger charge is 2.65. The fraction of sp³-hybridized carbons (Fsp3) is 0.263. The van der Waals surface area contributed by atoms with Crippen LogP contribution >= 0.6 is 11.6 Å². The summed E-state index contributed by atoms with van der Waals surface area (Å²) in [6.07, 6.45) is 0. The van der Waals surface area contributed by atoms with E-state index in [1.807, 2.05) is 43.3 Å². The molecule has 4 nitrogen and oxygen atoms in total. The topological polar surface area (TPSA) is 41.9 Å². The number of carbonyl (C=O) groups is 1. The number of fused-ring (bicyclic) bond motifs is 5. The molecule has 0 aromatic heterocycles. The normalized spacial score (nSPS) is 27.6. The molecular weight excluding hydrogens is 324 g/mol. The molecule has 2 heterocycles. The highest BCUT2D eigenvalue weighted by atomic mass is 35.5. The van der Waals surface area contributed by atoms with Crippen LogP contribution in [0, 0.1) is 0 Å². The molecule has 24 heavy (non-hydrogen) atoms. The van der Waals surface area contributed by atoms with Crippen molar-refractivity contribution in [3.8, 4) is 11.5 Å². The van der Waals surface area contributed by atoms with E-state index in [0.29, 0.717) is 23.1 Å². The zero-order chi connectivity index (χ0) is 17.1. The molecule has 5 heteroatoms. The quantitative estimate of drug-likeness (QED) is 0.741. The molecule has 122 valence electrons. The maximum Gasteiger partial charge on any atom is 0.255 e. The summed E-state index contributed by atoms with van der Waals surface area (Å²) in [5.41, 5.74) is -0.151. The second-order valence-corrected chi connectivity index (χ2v) is 7.04. The van der Waals surface area contributed by atoms with Gasteiger partial charge in [-0.25, -0.2) is 0 Å². The molecule has 0 radical (unpaired) electrons. The lowest BCUT2D eigenvalue weighted by atomic mass is 9.65. The fourth-order valence-corrected chi connectivity index (χ4v) is 4.36. The van der Waals surface area contributed by atoms with Crippen LogP contribution in [-0.4, -0.2) is 31.1 Å². The van der Waals surface area contributed by atoms with Gasteiger partial charge in [0.15, 0.2) is 5.54 Å². The number of rotatable bonds is 1. The first-order valence-electron chi connectivity index (χ1n) is 7.75. The summed E-state index contributed by atoms with van der Waals surface area (Å²) in [5, 5.41) is 0.601. The molecule has 0 N–H and O–H groups in total. The Morgan fingerprint density at radius 1 is 1.21 bits per heavy atom. The lowest BCUT2D eigenvalue weighted by Gasteiger charge is -2.37. The number of benzene rings is 2. The zero-order valence-electron chi connectivity index (χ0n) is 13.5. The first kappa shape index (κ1) is 15.2. The first-order chi connectivity index (χ1) is 11.4. The van der Waals surface area contributed by atoms with Crippen molar-refractivity contribution in [2.45, 2.75) is 17.9 Å². The van der Waals surface area contributed by atoms with Crippen molar-refractivity contribution in [2.24, 2.45) is 4.99 Å². The summed E-state index contributed by atoms with van der Waals surface area (Å²) in [6.45, 7) is 6.34. The minimum Gasteiger partial charge on any atom is -0.457 e. The van der Waals surface area contributed by atoms with Gasteiger partial charge in [0.05, 0.1) is 5.41 Å². The van der Waals surface area contributed by atoms with Crippen molar-refractivity contribution in [1.82, 2.24) is 4.90 Å². The average Bonchev–Trinajstić information content (AvgIpc) is 2.72. The van der Waals surface area contributed by atoms with Gasteiger partial charge in [-0.2, -0.15) is 0 Å². The average molecular weight is 341 g/mol. The number of carbonyl (C=O) groups excluding carboxylic acids is 1. The molecule has 0 unspecified atom stereocenters. The number of ether oxygens (including phenoxy) is 1. The number of hydrogen-bond donors (Lipinski definition) is 0. The third-order valence-electron chi connectivity index (χ3n) is 5.28. The Balaban J connectivity index is 2.16. The highest BCUT2D eigenvalue weighted by Crippen LogP contribution is 2.58. The molecule has 2 aromatic carbocycles. The molecule has 1 amide bonds. The monoisotopic (exact) mass is 340 g/mol. The Morgan fingerprint density at radius 3 is 2.67 bits per heavy atom. The van der Waals surface area contributed by atoms with Gasteiger partial charge in [0.2, 0.25) is 0 Å². The molecular formula is C19H17ClN2O2. The predicted molar refractivity (Wildman–Crippen MR) is 94.2 cm³/mol. The summed E-state index contributed by atoms with van der Waals surface area (Å²) in [5.74, 6) is 1.24. The smallest absolute Gasteiger partial charge is 0.255 e. The van der Waals surface area contributed by atoms with E-state index < -0.39 is 11.0 Å². The molecule has 4 rings (SSSR count). The van der Waals surface area contributed by atoms with Crippen LogP contribution < -0.4 is 4.74 Å². The van der Waals surface area contributed by atoms with Crippen molar-refractivity contribution in [3.05, 3.63) is 58.6 Å². The van der Waals surface area contributed by atoms with E-state index in [9.17, 15) is 4.79 Å². The van der Waals surface area contributed by atoms with E-state index >= 15 is 0 Å². The van der Waals surface area contributed by atoms with Crippen LogP contribution in [0.25, 0.3) is 0 Å². The van der Waals surface area contributed by atoms with Crippen molar-refractivity contribution < 1.29 is 9.53 Å². The van der Waals surface area contributed by atoms with E-state index in [4.69, 9.17) is 16.3 Å². The third-order valence-corrected chi connectivity index (χ3v) is 5.51. The maximum atomic E-state index is 13.2. The van der Waals surface area contributed by atoms with Crippen molar-refractivity contribution in [2.75, 3.05) is 13.6 Å². The molecule has 2 aliphatic rings. The van der Waals surface area contributed by atoms with E-state index in [0.717, 1.165) is 11.1 Å². The summed E-state index contributed by atoms with van der Waals surface area (Å²) < 4.78 is 6.15. The fourth-order valence-electron chi connectivity index (χ4n) is 4.19. The number of nitrogens with zero attached hydrogens (tertiary/aromatic N) is 2. The van der Waals surface area contributed by atoms with Gasteiger partial charge < -0.3 is 9.64 Å². The van der Waals surface area contributed by atoms with Crippen LogP contribution in [0.2, 0.25) is 5.02 Å². The number of halogens is 1. The Kier molecular flexibility index (Phi) is 3.06. The Bertz CT molecular complexity index is 881. The van der Waals surface area contributed by atoms with Crippen LogP contribution in [0.4, 0.5) is 0 Å². The number of aliphatic imine (C=N–C) groups is 1. The van der Waals surface area contributed by atoms with E-state index in [1.54, 1.807) is 18.0 Å². The Hall–Kier alpha value is -2.33. The Labute approximate surface area is 145 Å². The van der Waals surface area contributed by atoms with Gasteiger partial charge in [-0.15, -0.1) is 0 Å². The van der Waals surface area contributed by atoms with Gasteiger partial charge in [0.1, 0.15) is 11.5 Å². The molecule has 0 spiro atoms. The molecule has 2 atom stereocenters. The summed E-state index contributed by atoms with van der Waals surface area (Å²) >= 11 is 6.25. The summed E-state index contributed by atoms with van der Waals surface area (Å²) in [7, 11) is 1.79. The SMILES string of the molecule is C=N[C@]12C(=O)N(C)C[C@]1(C)c1cc(Cl)ccc1Oc1ccccc12. The van der Waals surface area contributed by atoms with E-state index in [1.165, 1.54) is 0 Å². The number of para-hydroxylation sites is 1.